The third-order valence-electron chi connectivity index (χ3n) is 6.35. The van der Waals surface area contributed by atoms with Crippen LogP contribution >= 0.6 is 0 Å². The number of amides is 1. The molecule has 0 fully saturated rings. The molecule has 0 spiro atoms. The minimum atomic E-state index is -0.295. The third kappa shape index (κ3) is 5.26. The average molecular weight is 631 g/mol. The number of hydrogen-bond acceptors (Lipinski definition) is 4. The van der Waals surface area contributed by atoms with Gasteiger partial charge in [-0.05, 0) is 12.1 Å². The van der Waals surface area contributed by atoms with Crippen molar-refractivity contribution in [3.05, 3.63) is 92.3 Å². The second kappa shape index (κ2) is 10.6. The van der Waals surface area contributed by atoms with Gasteiger partial charge in [0.1, 0.15) is 5.82 Å². The van der Waals surface area contributed by atoms with E-state index >= 15 is 0 Å². The first-order valence-electron chi connectivity index (χ1n) is 12.5. The fourth-order valence-electron chi connectivity index (χ4n) is 4.52. The van der Waals surface area contributed by atoms with Crippen LogP contribution < -0.4 is 26.5 Å². The molecule has 0 saturated carbocycles. The predicted octanol–water partition coefficient (Wildman–Crippen LogP) is 3.31. The Morgan fingerprint density at radius 1 is 1.08 bits per heavy atom. The molecule has 4 heterocycles. The van der Waals surface area contributed by atoms with Crippen molar-refractivity contribution in [2.45, 2.75) is 20.3 Å². The first kappa shape index (κ1) is 25.2. The number of rotatable bonds is 6. The zero-order valence-electron chi connectivity index (χ0n) is 21.3. The minimum absolute atomic E-state index is 0.0207. The summed E-state index contributed by atoms with van der Waals surface area (Å²) in [6.07, 6.45) is 7.98. The van der Waals surface area contributed by atoms with Crippen molar-refractivity contribution < 1.29 is 30.4 Å². The number of pyridine rings is 1. The number of allylic oxidation sites excluding steroid dienone is 3. The van der Waals surface area contributed by atoms with Gasteiger partial charge in [-0.25, -0.2) is 4.39 Å². The van der Waals surface area contributed by atoms with Crippen molar-refractivity contribution in [1.82, 2.24) is 30.5 Å². The number of fused-ring (bicyclic) bond motifs is 2. The summed E-state index contributed by atoms with van der Waals surface area (Å²) in [7, 11) is 0. The van der Waals surface area contributed by atoms with E-state index in [-0.39, 0.29) is 32.9 Å². The summed E-state index contributed by atoms with van der Waals surface area (Å²) in [5.41, 5.74) is 7.65. The van der Waals surface area contributed by atoms with Gasteiger partial charge in [0.25, 0.3) is 0 Å². The van der Waals surface area contributed by atoms with Crippen LogP contribution in [0.3, 0.4) is 0 Å². The van der Waals surface area contributed by atoms with Crippen LogP contribution in [0.4, 0.5) is 4.39 Å². The quantitative estimate of drug-likeness (QED) is 0.251. The fraction of sp³-hybridized carbons (Fsp3) is 0.133. The van der Waals surface area contributed by atoms with Gasteiger partial charge < -0.3 is 0 Å². The number of hydrogen-bond donors (Lipinski definition) is 3. The molecular formula is C30H25FIN6O-. The molecule has 3 N–H and O–H groups in total. The van der Waals surface area contributed by atoms with Crippen LogP contribution in [0.1, 0.15) is 25.8 Å². The first-order chi connectivity index (χ1) is 18.9. The Balaban J connectivity index is 1.37. The molecular weight excluding hydrogens is 606 g/mol. The predicted molar refractivity (Wildman–Crippen MR) is 147 cm³/mol. The van der Waals surface area contributed by atoms with Crippen LogP contribution in [-0.2, 0) is 4.79 Å². The zero-order chi connectivity index (χ0) is 26.9. The zero-order valence-corrected chi connectivity index (χ0v) is 23.5. The van der Waals surface area contributed by atoms with E-state index in [1.807, 2.05) is 32.1 Å². The number of aromatic amines is 2. The van der Waals surface area contributed by atoms with Crippen molar-refractivity contribution in [3.8, 4) is 22.6 Å². The summed E-state index contributed by atoms with van der Waals surface area (Å²) in [5, 5.41) is 11.7. The number of halogens is 2. The molecule has 0 radical (unpaired) electrons. The molecule has 7 nitrogen and oxygen atoms in total. The van der Waals surface area contributed by atoms with Crippen molar-refractivity contribution in [2.24, 2.45) is 5.92 Å². The third-order valence-corrected chi connectivity index (χ3v) is 8.16. The molecule has 39 heavy (non-hydrogen) atoms. The number of nitrogens with one attached hydrogen (secondary N) is 3. The Labute approximate surface area is 234 Å². The first-order valence-corrected chi connectivity index (χ1v) is 15.0. The Bertz CT molecular complexity index is 1800. The van der Waals surface area contributed by atoms with E-state index in [0.29, 0.717) is 23.9 Å². The molecule has 3 aromatic heterocycles. The Hall–Kier alpha value is -4.12. The molecule has 0 bridgehead atoms. The molecule has 6 rings (SSSR count). The number of carbonyl (C=O) groups excluding carboxylic acids is 1. The van der Waals surface area contributed by atoms with Gasteiger partial charge in [0.05, 0.1) is 0 Å². The van der Waals surface area contributed by atoms with Gasteiger partial charge in [0, 0.05) is 0 Å². The molecule has 0 atom stereocenters. The van der Waals surface area contributed by atoms with E-state index in [1.165, 1.54) is 12.1 Å². The molecule has 5 aromatic rings. The van der Waals surface area contributed by atoms with Gasteiger partial charge in [-0.2, -0.15) is 0 Å². The summed E-state index contributed by atoms with van der Waals surface area (Å²) >= 11 is -0.295. The summed E-state index contributed by atoms with van der Waals surface area (Å²) in [6.45, 7) is 4.07. The number of nitrogens with zero attached hydrogens (tertiary/aromatic N) is 3. The Kier molecular flexibility index (Phi) is 6.82. The average Bonchev–Trinajstić information content (AvgIpc) is 3.46. The van der Waals surface area contributed by atoms with Crippen molar-refractivity contribution in [2.75, 3.05) is 0 Å². The molecule has 0 unspecified atom stereocenters. The monoisotopic (exact) mass is 631 g/mol. The van der Waals surface area contributed by atoms with Gasteiger partial charge in [0.2, 0.25) is 0 Å². The Morgan fingerprint density at radius 2 is 1.90 bits per heavy atom. The van der Waals surface area contributed by atoms with Crippen LogP contribution in [0.2, 0.25) is 0 Å². The molecule has 1 aliphatic heterocycles. The summed E-state index contributed by atoms with van der Waals surface area (Å²) in [5.74, 6) is 0.644. The molecule has 1 amide bonds. The molecule has 9 heteroatoms. The molecule has 196 valence electrons. The summed E-state index contributed by atoms with van der Waals surface area (Å²) in [4.78, 5) is 25.0. The second-order valence-corrected chi connectivity index (χ2v) is 11.8. The molecule has 0 saturated heterocycles. The van der Waals surface area contributed by atoms with E-state index in [4.69, 9.17) is 4.98 Å². The fourth-order valence-corrected chi connectivity index (χ4v) is 6.25. The van der Waals surface area contributed by atoms with Crippen LogP contribution in [0.15, 0.2) is 80.9 Å². The maximum absolute atomic E-state index is 13.5. The second-order valence-electron chi connectivity index (χ2n) is 9.74. The summed E-state index contributed by atoms with van der Waals surface area (Å²) < 4.78 is 17.9. The molecule has 1 aliphatic rings. The van der Waals surface area contributed by atoms with Gasteiger partial charge >= 0.3 is 213 Å². The van der Waals surface area contributed by atoms with E-state index in [2.05, 4.69) is 45.8 Å². The van der Waals surface area contributed by atoms with Gasteiger partial charge in [0.15, 0.2) is 0 Å². The number of imidazole rings is 1. The number of aromatic nitrogens is 5. The van der Waals surface area contributed by atoms with E-state index < -0.39 is 0 Å². The SMILES string of the molecule is CC(C)CC(=O)NC1=CC(c2ccc3[nH]nc(-c4nc5c(-c6ccc(F)cc6)cncc5[nH]4)c3c2)=C[I-]C=C1. The van der Waals surface area contributed by atoms with Gasteiger partial charge in [-0.1, -0.05) is 0 Å². The Morgan fingerprint density at radius 3 is 2.72 bits per heavy atom. The van der Waals surface area contributed by atoms with Crippen molar-refractivity contribution >= 4 is 33.4 Å². The maximum atomic E-state index is 13.5. The van der Waals surface area contributed by atoms with Crippen LogP contribution in [0.25, 0.3) is 50.2 Å². The van der Waals surface area contributed by atoms with Crippen LogP contribution in [0, 0.1) is 11.7 Å². The van der Waals surface area contributed by atoms with E-state index in [9.17, 15) is 9.18 Å². The topological polar surface area (TPSA) is 99.3 Å². The molecule has 0 aliphatic carbocycles. The number of H-pyrrole nitrogens is 2. The van der Waals surface area contributed by atoms with Gasteiger partial charge in [-0.3, -0.25) is 0 Å². The standard InChI is InChI=1S/C30H25FIN6O/c1-17(2)11-27(39)34-22-9-10-32-14-20(12-22)19-5-8-25-23(13-19)29(38-37-25)30-35-26-16-33-15-24(28(26)36-30)18-3-6-21(31)7-4-18/h3-10,12-17H,11H2,1-2H3,(H,34,39)(H,35,36)(H,37,38)/q-1. The molecule has 2 aromatic carbocycles. The summed E-state index contributed by atoms with van der Waals surface area (Å²) in [6, 6.07) is 12.5. The van der Waals surface area contributed by atoms with Crippen molar-refractivity contribution in [1.29, 1.82) is 0 Å². The van der Waals surface area contributed by atoms with E-state index in [1.54, 1.807) is 24.5 Å². The van der Waals surface area contributed by atoms with Gasteiger partial charge in [-0.15, -0.1) is 0 Å². The number of benzene rings is 2. The number of carbonyl (C=O) groups is 1. The van der Waals surface area contributed by atoms with E-state index in [0.717, 1.165) is 49.9 Å². The van der Waals surface area contributed by atoms with Crippen LogP contribution in [-0.4, -0.2) is 31.1 Å². The van der Waals surface area contributed by atoms with Crippen LogP contribution in [0.5, 0.6) is 0 Å². The van der Waals surface area contributed by atoms with Crippen molar-refractivity contribution in [3.63, 3.8) is 0 Å². The normalized spacial score (nSPS) is 13.7.